The van der Waals surface area contributed by atoms with Gasteiger partial charge in [-0.15, -0.1) is 0 Å². The van der Waals surface area contributed by atoms with Crippen molar-refractivity contribution in [1.29, 1.82) is 0 Å². The summed E-state index contributed by atoms with van der Waals surface area (Å²) >= 11 is 3.18. The third-order valence-electron chi connectivity index (χ3n) is 2.91. The Labute approximate surface area is 112 Å². The molecule has 2 N–H and O–H groups in total. The number of rotatable bonds is 2. The number of aryl methyl sites for hydroxylation is 1. The summed E-state index contributed by atoms with van der Waals surface area (Å²) in [6, 6.07) is 3.12. The highest BCUT2D eigenvalue weighted by atomic mass is 79.9. The van der Waals surface area contributed by atoms with E-state index < -0.39 is 12.1 Å². The third-order valence-corrected chi connectivity index (χ3v) is 3.57. The number of amides is 1. The molecule has 0 spiro atoms. The molecule has 1 atom stereocenters. The molecule has 1 aromatic rings. The second-order valence-corrected chi connectivity index (χ2v) is 5.14. The number of hydrogen-bond acceptors (Lipinski definition) is 3. The van der Waals surface area contributed by atoms with E-state index in [0.717, 1.165) is 5.56 Å². The first kappa shape index (κ1) is 13.0. The van der Waals surface area contributed by atoms with Gasteiger partial charge >= 0.3 is 5.97 Å². The van der Waals surface area contributed by atoms with Gasteiger partial charge in [-0.2, -0.15) is 0 Å². The number of anilines is 1. The lowest BCUT2D eigenvalue weighted by Gasteiger charge is -2.19. The molecule has 96 valence electrons. The van der Waals surface area contributed by atoms with Crippen LogP contribution in [0.25, 0.3) is 0 Å². The van der Waals surface area contributed by atoms with Gasteiger partial charge < -0.3 is 15.1 Å². The minimum Gasteiger partial charge on any atom is -0.478 e. The molecule has 0 aliphatic carbocycles. The van der Waals surface area contributed by atoms with E-state index in [0.29, 0.717) is 10.2 Å². The number of halogens is 1. The highest BCUT2D eigenvalue weighted by Crippen LogP contribution is 2.30. The van der Waals surface area contributed by atoms with Crippen molar-refractivity contribution in [2.24, 2.45) is 0 Å². The summed E-state index contributed by atoms with van der Waals surface area (Å²) < 4.78 is 0.475. The molecule has 1 unspecified atom stereocenters. The molecule has 1 aliphatic rings. The number of β-amino-alcohol motifs (C(OH)–C–C–N with tert-alkyl or cyclic N) is 1. The molecule has 5 nitrogen and oxygen atoms in total. The average Bonchev–Trinajstić information content (AvgIpc) is 2.57. The lowest BCUT2D eigenvalue weighted by molar-refractivity contribution is -0.117. The number of carboxylic acids is 1. The number of aliphatic hydroxyl groups excluding tert-OH is 1. The Kier molecular flexibility index (Phi) is 3.41. The van der Waals surface area contributed by atoms with E-state index in [1.165, 1.54) is 11.0 Å². The van der Waals surface area contributed by atoms with Crippen LogP contribution >= 0.6 is 15.9 Å². The first-order valence-electron chi connectivity index (χ1n) is 5.42. The van der Waals surface area contributed by atoms with E-state index in [1.807, 2.05) is 0 Å². The average molecular weight is 314 g/mol. The molecule has 1 amide bonds. The fraction of sp³-hybridized carbons (Fsp3) is 0.333. The molecule has 1 heterocycles. The molecule has 1 saturated heterocycles. The molecule has 18 heavy (non-hydrogen) atoms. The first-order chi connectivity index (χ1) is 8.40. The fourth-order valence-corrected chi connectivity index (χ4v) is 2.66. The molecule has 1 aromatic carbocycles. The van der Waals surface area contributed by atoms with Gasteiger partial charge in [0.1, 0.15) is 0 Å². The number of aromatic carboxylic acids is 1. The van der Waals surface area contributed by atoms with Crippen molar-refractivity contribution in [2.45, 2.75) is 19.4 Å². The van der Waals surface area contributed by atoms with Crippen molar-refractivity contribution < 1.29 is 19.8 Å². The number of benzene rings is 1. The Morgan fingerprint density at radius 1 is 1.50 bits per heavy atom. The fourth-order valence-electron chi connectivity index (χ4n) is 2.04. The Hall–Kier alpha value is -1.40. The van der Waals surface area contributed by atoms with Gasteiger partial charge in [-0.05, 0) is 40.5 Å². The van der Waals surface area contributed by atoms with E-state index in [-0.39, 0.29) is 24.4 Å². The van der Waals surface area contributed by atoms with Crippen LogP contribution in [0.2, 0.25) is 0 Å². The molecule has 1 aliphatic heterocycles. The van der Waals surface area contributed by atoms with Crippen LogP contribution in [0.4, 0.5) is 5.69 Å². The topological polar surface area (TPSA) is 77.8 Å². The van der Waals surface area contributed by atoms with Gasteiger partial charge in [-0.3, -0.25) is 4.79 Å². The van der Waals surface area contributed by atoms with Crippen molar-refractivity contribution >= 4 is 33.5 Å². The molecular formula is C12H12BrNO4. The van der Waals surface area contributed by atoms with Crippen molar-refractivity contribution in [3.63, 3.8) is 0 Å². The molecule has 6 heteroatoms. The predicted molar refractivity (Wildman–Crippen MR) is 68.8 cm³/mol. The summed E-state index contributed by atoms with van der Waals surface area (Å²) in [7, 11) is 0. The number of carbonyl (C=O) groups excluding carboxylic acids is 1. The maximum atomic E-state index is 11.7. The molecule has 0 saturated carbocycles. The summed E-state index contributed by atoms with van der Waals surface area (Å²) in [6.07, 6.45) is -0.605. The third kappa shape index (κ3) is 2.26. The maximum absolute atomic E-state index is 11.7. The minimum atomic E-state index is -1.06. The molecule has 2 rings (SSSR count). The number of aliphatic hydroxyl groups is 1. The van der Waals surface area contributed by atoms with Crippen LogP contribution in [0.1, 0.15) is 22.3 Å². The second kappa shape index (κ2) is 4.70. The zero-order chi connectivity index (χ0) is 13.4. The van der Waals surface area contributed by atoms with Crippen LogP contribution in [0.5, 0.6) is 0 Å². The van der Waals surface area contributed by atoms with Crippen molar-refractivity contribution in [1.82, 2.24) is 0 Å². The molecular weight excluding hydrogens is 302 g/mol. The van der Waals surface area contributed by atoms with Crippen LogP contribution < -0.4 is 4.90 Å². The van der Waals surface area contributed by atoms with Gasteiger partial charge in [0, 0.05) is 10.2 Å². The smallest absolute Gasteiger partial charge is 0.336 e. The van der Waals surface area contributed by atoms with Crippen molar-refractivity contribution in [2.75, 3.05) is 11.4 Å². The highest BCUT2D eigenvalue weighted by molar-refractivity contribution is 9.10. The van der Waals surface area contributed by atoms with Crippen LogP contribution in [-0.2, 0) is 4.79 Å². The number of hydrogen-bond donors (Lipinski definition) is 2. The maximum Gasteiger partial charge on any atom is 0.336 e. The van der Waals surface area contributed by atoms with Crippen molar-refractivity contribution in [3.05, 3.63) is 27.7 Å². The zero-order valence-corrected chi connectivity index (χ0v) is 11.3. The summed E-state index contributed by atoms with van der Waals surface area (Å²) in [5.74, 6) is -1.25. The van der Waals surface area contributed by atoms with Gasteiger partial charge in [0.05, 0.1) is 24.6 Å². The molecule has 0 radical (unpaired) electrons. The summed E-state index contributed by atoms with van der Waals surface area (Å²) in [4.78, 5) is 24.2. The lowest BCUT2D eigenvalue weighted by Crippen LogP contribution is -2.26. The van der Waals surface area contributed by atoms with Crippen LogP contribution in [0.15, 0.2) is 16.6 Å². The quantitative estimate of drug-likeness (QED) is 0.868. The Bertz CT molecular complexity index is 529. The van der Waals surface area contributed by atoms with Crippen LogP contribution in [0.3, 0.4) is 0 Å². The second-order valence-electron chi connectivity index (χ2n) is 4.29. The van der Waals surface area contributed by atoms with E-state index >= 15 is 0 Å². The minimum absolute atomic E-state index is 0.0813. The summed E-state index contributed by atoms with van der Waals surface area (Å²) in [5, 5.41) is 18.5. The van der Waals surface area contributed by atoms with Crippen LogP contribution in [-0.4, -0.2) is 34.7 Å². The monoisotopic (exact) mass is 313 g/mol. The largest absolute Gasteiger partial charge is 0.478 e. The lowest BCUT2D eigenvalue weighted by atomic mass is 10.1. The Balaban J connectivity index is 2.48. The van der Waals surface area contributed by atoms with E-state index in [4.69, 9.17) is 5.11 Å². The standard InChI is InChI=1S/C12H12BrNO4/c1-6-2-9(13)8(12(17)18)4-10(6)14-5-7(15)3-11(14)16/h2,4,7,15H,3,5H2,1H3,(H,17,18). The summed E-state index contributed by atoms with van der Waals surface area (Å²) in [6.45, 7) is 2.00. The van der Waals surface area contributed by atoms with Gasteiger partial charge in [0.25, 0.3) is 0 Å². The number of carboxylic acid groups (broad SMARTS) is 1. The Morgan fingerprint density at radius 3 is 2.67 bits per heavy atom. The first-order valence-corrected chi connectivity index (χ1v) is 6.21. The van der Waals surface area contributed by atoms with Gasteiger partial charge in [0.2, 0.25) is 5.91 Å². The molecule has 1 fully saturated rings. The van der Waals surface area contributed by atoms with Gasteiger partial charge in [-0.1, -0.05) is 0 Å². The molecule has 0 aromatic heterocycles. The van der Waals surface area contributed by atoms with E-state index in [2.05, 4.69) is 15.9 Å². The van der Waals surface area contributed by atoms with Crippen LogP contribution in [0, 0.1) is 6.92 Å². The SMILES string of the molecule is Cc1cc(Br)c(C(=O)O)cc1N1CC(O)CC1=O. The molecule has 0 bridgehead atoms. The number of nitrogens with zero attached hydrogens (tertiary/aromatic N) is 1. The van der Waals surface area contributed by atoms with Gasteiger partial charge in [-0.25, -0.2) is 4.79 Å². The Morgan fingerprint density at radius 2 is 2.17 bits per heavy atom. The van der Waals surface area contributed by atoms with E-state index in [9.17, 15) is 14.7 Å². The summed E-state index contributed by atoms with van der Waals surface area (Å²) in [5.41, 5.74) is 1.43. The predicted octanol–water partition coefficient (Wildman–Crippen LogP) is 1.55. The normalized spacial score (nSPS) is 19.4. The number of carbonyl (C=O) groups is 2. The van der Waals surface area contributed by atoms with Gasteiger partial charge in [0.15, 0.2) is 0 Å². The van der Waals surface area contributed by atoms with Crippen molar-refractivity contribution in [3.8, 4) is 0 Å². The van der Waals surface area contributed by atoms with E-state index in [1.54, 1.807) is 13.0 Å². The highest BCUT2D eigenvalue weighted by Gasteiger charge is 2.30. The zero-order valence-electron chi connectivity index (χ0n) is 9.68.